The van der Waals surface area contributed by atoms with E-state index in [1.165, 1.54) is 0 Å². The van der Waals surface area contributed by atoms with Crippen LogP contribution in [0.15, 0.2) is 36.4 Å². The van der Waals surface area contributed by atoms with Crippen molar-refractivity contribution in [2.45, 2.75) is 25.7 Å². The zero-order valence-electron chi connectivity index (χ0n) is 10.8. The molecule has 102 valence electrons. The summed E-state index contributed by atoms with van der Waals surface area (Å²) >= 11 is 0. The van der Waals surface area contributed by atoms with Gasteiger partial charge in [0.1, 0.15) is 0 Å². The predicted molar refractivity (Wildman–Crippen MR) is 80.9 cm³/mol. The molecule has 0 aliphatic rings. The van der Waals surface area contributed by atoms with E-state index in [9.17, 15) is 4.79 Å². The third-order valence-corrected chi connectivity index (χ3v) is 3.27. The maximum atomic E-state index is 10.6. The molecule has 0 radical (unpaired) electrons. The molecule has 1 atom stereocenters. The van der Waals surface area contributed by atoms with Crippen LogP contribution in [-0.4, -0.2) is 11.1 Å². The van der Waals surface area contributed by atoms with Crippen LogP contribution in [0.1, 0.15) is 31.2 Å². The SMILES string of the molecule is CC(CCC(=O)O)c1cc2ccccc2cc1N.Cl. The fraction of sp³-hybridized carbons (Fsp3) is 0.267. The number of hydrogen-bond donors (Lipinski definition) is 2. The molecular weight excluding hydrogens is 262 g/mol. The first-order valence-electron chi connectivity index (χ1n) is 6.08. The van der Waals surface area contributed by atoms with E-state index < -0.39 is 5.97 Å². The zero-order valence-corrected chi connectivity index (χ0v) is 11.6. The molecule has 0 spiro atoms. The highest BCUT2D eigenvalue weighted by molar-refractivity contribution is 5.87. The van der Waals surface area contributed by atoms with Crippen LogP contribution in [0.4, 0.5) is 5.69 Å². The van der Waals surface area contributed by atoms with Crippen LogP contribution in [0, 0.1) is 0 Å². The normalized spacial score (nSPS) is 11.8. The summed E-state index contributed by atoms with van der Waals surface area (Å²) in [5.41, 5.74) is 7.83. The van der Waals surface area contributed by atoms with E-state index in [1.807, 2.05) is 37.3 Å². The van der Waals surface area contributed by atoms with Crippen molar-refractivity contribution in [3.63, 3.8) is 0 Å². The molecule has 1 unspecified atom stereocenters. The van der Waals surface area contributed by atoms with Crippen molar-refractivity contribution in [3.8, 4) is 0 Å². The van der Waals surface area contributed by atoms with Crippen LogP contribution in [-0.2, 0) is 4.79 Å². The summed E-state index contributed by atoms with van der Waals surface area (Å²) in [4.78, 5) is 10.6. The highest BCUT2D eigenvalue weighted by Gasteiger charge is 2.12. The topological polar surface area (TPSA) is 63.3 Å². The monoisotopic (exact) mass is 279 g/mol. The lowest BCUT2D eigenvalue weighted by Gasteiger charge is -2.14. The van der Waals surface area contributed by atoms with Crippen molar-refractivity contribution in [2.24, 2.45) is 0 Å². The number of hydrogen-bond acceptors (Lipinski definition) is 2. The van der Waals surface area contributed by atoms with E-state index in [-0.39, 0.29) is 24.7 Å². The molecule has 2 aromatic rings. The molecule has 2 rings (SSSR count). The van der Waals surface area contributed by atoms with Crippen molar-refractivity contribution in [2.75, 3.05) is 5.73 Å². The Morgan fingerprint density at radius 1 is 1.26 bits per heavy atom. The molecule has 3 nitrogen and oxygen atoms in total. The molecule has 3 N–H and O–H groups in total. The van der Waals surface area contributed by atoms with Crippen LogP contribution < -0.4 is 5.73 Å². The van der Waals surface area contributed by atoms with Crippen LogP contribution in [0.25, 0.3) is 10.8 Å². The summed E-state index contributed by atoms with van der Waals surface area (Å²) in [6.07, 6.45) is 0.783. The minimum Gasteiger partial charge on any atom is -0.481 e. The Kier molecular flexibility index (Phi) is 5.19. The lowest BCUT2D eigenvalue weighted by Crippen LogP contribution is -2.03. The van der Waals surface area contributed by atoms with Gasteiger partial charge in [0.15, 0.2) is 0 Å². The quantitative estimate of drug-likeness (QED) is 0.837. The van der Waals surface area contributed by atoms with Crippen LogP contribution in [0.3, 0.4) is 0 Å². The van der Waals surface area contributed by atoms with Crippen LogP contribution in [0.5, 0.6) is 0 Å². The second kappa shape index (κ2) is 6.43. The minimum atomic E-state index is -0.763. The van der Waals surface area contributed by atoms with Gasteiger partial charge in [0.05, 0.1) is 0 Å². The Morgan fingerprint density at radius 2 is 1.84 bits per heavy atom. The number of carboxylic acids is 1. The second-order valence-electron chi connectivity index (χ2n) is 4.66. The van der Waals surface area contributed by atoms with Gasteiger partial charge >= 0.3 is 5.97 Å². The summed E-state index contributed by atoms with van der Waals surface area (Å²) in [7, 11) is 0. The summed E-state index contributed by atoms with van der Waals surface area (Å²) in [5, 5.41) is 11.0. The molecule has 2 aromatic carbocycles. The fourth-order valence-corrected chi connectivity index (χ4v) is 2.20. The molecule has 0 bridgehead atoms. The number of rotatable bonds is 4. The smallest absolute Gasteiger partial charge is 0.303 e. The summed E-state index contributed by atoms with van der Waals surface area (Å²) in [5.74, 6) is -0.605. The molecular formula is C15H18ClNO2. The van der Waals surface area contributed by atoms with E-state index in [1.54, 1.807) is 0 Å². The molecule has 0 fully saturated rings. The van der Waals surface area contributed by atoms with Crippen molar-refractivity contribution in [1.29, 1.82) is 0 Å². The Labute approximate surface area is 118 Å². The average Bonchev–Trinajstić information content (AvgIpc) is 2.35. The molecule has 0 aromatic heterocycles. The number of anilines is 1. The zero-order chi connectivity index (χ0) is 13.1. The van der Waals surface area contributed by atoms with E-state index in [4.69, 9.17) is 10.8 Å². The van der Waals surface area contributed by atoms with Gasteiger partial charge in [-0.2, -0.15) is 0 Å². The molecule has 0 aliphatic carbocycles. The first-order valence-corrected chi connectivity index (χ1v) is 6.08. The van der Waals surface area contributed by atoms with Gasteiger partial charge in [0, 0.05) is 12.1 Å². The van der Waals surface area contributed by atoms with Crippen LogP contribution >= 0.6 is 12.4 Å². The summed E-state index contributed by atoms with van der Waals surface area (Å²) in [6, 6.07) is 12.1. The van der Waals surface area contributed by atoms with E-state index in [2.05, 4.69) is 6.07 Å². The van der Waals surface area contributed by atoms with E-state index >= 15 is 0 Å². The van der Waals surface area contributed by atoms with Crippen molar-refractivity contribution in [1.82, 2.24) is 0 Å². The molecule has 4 heteroatoms. The van der Waals surface area contributed by atoms with Gasteiger partial charge in [-0.15, -0.1) is 12.4 Å². The second-order valence-corrected chi connectivity index (χ2v) is 4.66. The van der Waals surface area contributed by atoms with Gasteiger partial charge in [-0.1, -0.05) is 31.2 Å². The van der Waals surface area contributed by atoms with Crippen molar-refractivity contribution < 1.29 is 9.90 Å². The highest BCUT2D eigenvalue weighted by Crippen LogP contribution is 2.30. The Hall–Kier alpha value is -1.74. The Balaban J connectivity index is 0.00000180. The fourth-order valence-electron chi connectivity index (χ4n) is 2.20. The van der Waals surface area contributed by atoms with E-state index in [0.717, 1.165) is 22.0 Å². The van der Waals surface area contributed by atoms with Crippen molar-refractivity contribution in [3.05, 3.63) is 42.0 Å². The van der Waals surface area contributed by atoms with Gasteiger partial charge in [0.2, 0.25) is 0 Å². The number of halogens is 1. The number of fused-ring (bicyclic) bond motifs is 1. The van der Waals surface area contributed by atoms with Gasteiger partial charge in [-0.25, -0.2) is 0 Å². The van der Waals surface area contributed by atoms with E-state index in [0.29, 0.717) is 6.42 Å². The Morgan fingerprint density at radius 3 is 2.42 bits per heavy atom. The Bertz CT molecular complexity index is 583. The number of nitrogens with two attached hydrogens (primary N) is 1. The molecule has 0 aliphatic heterocycles. The lowest BCUT2D eigenvalue weighted by molar-refractivity contribution is -0.137. The largest absolute Gasteiger partial charge is 0.481 e. The highest BCUT2D eigenvalue weighted by atomic mass is 35.5. The summed E-state index contributed by atoms with van der Waals surface area (Å²) in [6.45, 7) is 2.02. The molecule has 0 amide bonds. The third kappa shape index (κ3) is 3.61. The van der Waals surface area contributed by atoms with Gasteiger partial charge in [0.25, 0.3) is 0 Å². The number of nitrogen functional groups attached to an aromatic ring is 1. The maximum absolute atomic E-state index is 10.6. The molecule has 0 heterocycles. The molecule has 0 saturated carbocycles. The number of carbonyl (C=O) groups is 1. The molecule has 0 saturated heterocycles. The molecule has 19 heavy (non-hydrogen) atoms. The number of carboxylic acid groups (broad SMARTS) is 1. The van der Waals surface area contributed by atoms with Crippen molar-refractivity contribution >= 4 is 34.8 Å². The third-order valence-electron chi connectivity index (χ3n) is 3.27. The van der Waals surface area contributed by atoms with Crippen LogP contribution in [0.2, 0.25) is 0 Å². The first kappa shape index (κ1) is 15.3. The standard InChI is InChI=1S/C15H17NO2.ClH/c1-10(6-7-15(17)18)13-8-11-4-2-3-5-12(11)9-14(13)16;/h2-5,8-10H,6-7,16H2,1H3,(H,17,18);1H. The lowest BCUT2D eigenvalue weighted by atomic mass is 9.92. The van der Waals surface area contributed by atoms with Gasteiger partial charge < -0.3 is 10.8 Å². The average molecular weight is 280 g/mol. The van der Waals surface area contributed by atoms with Gasteiger partial charge in [-0.3, -0.25) is 4.79 Å². The predicted octanol–water partition coefficient (Wildman–Crippen LogP) is 3.81. The first-order chi connectivity index (χ1) is 8.58. The summed E-state index contributed by atoms with van der Waals surface area (Å²) < 4.78 is 0. The maximum Gasteiger partial charge on any atom is 0.303 e. The number of benzene rings is 2. The van der Waals surface area contributed by atoms with Gasteiger partial charge in [-0.05, 0) is 40.8 Å². The number of aliphatic carboxylic acids is 1. The minimum absolute atomic E-state index is 0.